The van der Waals surface area contributed by atoms with Gasteiger partial charge in [0.2, 0.25) is 5.91 Å². The summed E-state index contributed by atoms with van der Waals surface area (Å²) >= 11 is 0. The highest BCUT2D eigenvalue weighted by atomic mass is 16.5. The summed E-state index contributed by atoms with van der Waals surface area (Å²) in [7, 11) is 0. The molecule has 0 atom stereocenters. The minimum absolute atomic E-state index is 0.0905. The van der Waals surface area contributed by atoms with Crippen LogP contribution in [-0.2, 0) is 4.79 Å². The fourth-order valence-corrected chi connectivity index (χ4v) is 1.35. The maximum absolute atomic E-state index is 11.3. The zero-order valence-corrected chi connectivity index (χ0v) is 10.2. The molecule has 0 saturated heterocycles. The first-order valence-corrected chi connectivity index (χ1v) is 5.97. The number of carbonyl (C=O) groups is 1. The molecule has 0 spiro atoms. The van der Waals surface area contributed by atoms with Gasteiger partial charge in [0, 0.05) is 12.1 Å². The van der Waals surface area contributed by atoms with Crippen molar-refractivity contribution in [1.29, 1.82) is 0 Å². The smallest absolute Gasteiger partial charge is 0.220 e. The number of hydrogen-bond acceptors (Lipinski definition) is 3. The molecule has 4 nitrogen and oxygen atoms in total. The number of rotatable bonds is 7. The van der Waals surface area contributed by atoms with Crippen molar-refractivity contribution in [3.8, 4) is 5.75 Å². The van der Waals surface area contributed by atoms with Crippen LogP contribution in [0, 0.1) is 0 Å². The third-order valence-corrected chi connectivity index (χ3v) is 2.33. The van der Waals surface area contributed by atoms with Gasteiger partial charge in [0.05, 0.1) is 6.54 Å². The van der Waals surface area contributed by atoms with Gasteiger partial charge in [0.1, 0.15) is 12.4 Å². The molecule has 1 aromatic carbocycles. The predicted octanol–water partition coefficient (Wildman–Crippen LogP) is 1.95. The van der Waals surface area contributed by atoms with E-state index in [1.807, 2.05) is 12.1 Å². The Hall–Kier alpha value is -1.71. The molecule has 0 aliphatic carbocycles. The second-order valence-electron chi connectivity index (χ2n) is 3.87. The van der Waals surface area contributed by atoms with Crippen LogP contribution < -0.4 is 15.8 Å². The average Bonchev–Trinajstić information content (AvgIpc) is 2.34. The molecule has 0 aliphatic heterocycles. The Kier molecular flexibility index (Phi) is 5.93. The molecule has 0 heterocycles. The Labute approximate surface area is 102 Å². The van der Waals surface area contributed by atoms with Crippen molar-refractivity contribution < 1.29 is 9.53 Å². The number of hydrogen-bond donors (Lipinski definition) is 2. The molecule has 1 rings (SSSR count). The first-order valence-electron chi connectivity index (χ1n) is 5.97. The Morgan fingerprint density at radius 3 is 2.71 bits per heavy atom. The van der Waals surface area contributed by atoms with E-state index in [0.717, 1.165) is 18.6 Å². The summed E-state index contributed by atoms with van der Waals surface area (Å²) in [6.07, 6.45) is 2.57. The molecular weight excluding hydrogens is 216 g/mol. The molecule has 0 bridgehead atoms. The Morgan fingerprint density at radius 1 is 1.35 bits per heavy atom. The SMILES string of the molecule is CCCCC(=O)NCCOc1ccc(N)cc1. The molecule has 1 amide bonds. The highest BCUT2D eigenvalue weighted by Gasteiger charge is 1.99. The van der Waals surface area contributed by atoms with Crippen LogP contribution in [0.2, 0.25) is 0 Å². The van der Waals surface area contributed by atoms with Crippen molar-refractivity contribution in [1.82, 2.24) is 5.32 Å². The summed E-state index contributed by atoms with van der Waals surface area (Å²) < 4.78 is 5.45. The minimum atomic E-state index is 0.0905. The van der Waals surface area contributed by atoms with Gasteiger partial charge in [0.15, 0.2) is 0 Å². The van der Waals surface area contributed by atoms with E-state index in [1.54, 1.807) is 12.1 Å². The Morgan fingerprint density at radius 2 is 2.06 bits per heavy atom. The van der Waals surface area contributed by atoms with Crippen molar-refractivity contribution in [3.63, 3.8) is 0 Å². The van der Waals surface area contributed by atoms with Crippen LogP contribution in [0.25, 0.3) is 0 Å². The molecule has 4 heteroatoms. The zero-order valence-electron chi connectivity index (χ0n) is 10.2. The number of unbranched alkanes of at least 4 members (excludes halogenated alkanes) is 1. The van der Waals surface area contributed by atoms with Crippen molar-refractivity contribution >= 4 is 11.6 Å². The number of benzene rings is 1. The average molecular weight is 236 g/mol. The molecule has 0 saturated carbocycles. The van der Waals surface area contributed by atoms with Gasteiger partial charge in [-0.3, -0.25) is 4.79 Å². The maximum atomic E-state index is 11.3. The second-order valence-corrected chi connectivity index (χ2v) is 3.87. The van der Waals surface area contributed by atoms with Crippen molar-refractivity contribution in [2.45, 2.75) is 26.2 Å². The van der Waals surface area contributed by atoms with Crippen LogP contribution >= 0.6 is 0 Å². The first-order chi connectivity index (χ1) is 8.22. The van der Waals surface area contributed by atoms with E-state index in [1.165, 1.54) is 0 Å². The van der Waals surface area contributed by atoms with E-state index >= 15 is 0 Å². The van der Waals surface area contributed by atoms with Gasteiger partial charge < -0.3 is 15.8 Å². The molecular formula is C13H20N2O2. The lowest BCUT2D eigenvalue weighted by molar-refractivity contribution is -0.121. The molecule has 0 fully saturated rings. The van der Waals surface area contributed by atoms with E-state index in [-0.39, 0.29) is 5.91 Å². The van der Waals surface area contributed by atoms with Crippen LogP contribution in [0.1, 0.15) is 26.2 Å². The number of amides is 1. The second kappa shape index (κ2) is 7.54. The van der Waals surface area contributed by atoms with Crippen molar-refractivity contribution in [2.75, 3.05) is 18.9 Å². The van der Waals surface area contributed by atoms with Gasteiger partial charge in [-0.25, -0.2) is 0 Å². The summed E-state index contributed by atoms with van der Waals surface area (Å²) in [4.78, 5) is 11.3. The van der Waals surface area contributed by atoms with Crippen molar-refractivity contribution in [3.05, 3.63) is 24.3 Å². The molecule has 94 valence electrons. The molecule has 0 aromatic heterocycles. The normalized spacial score (nSPS) is 9.94. The highest BCUT2D eigenvalue weighted by Crippen LogP contribution is 2.12. The quantitative estimate of drug-likeness (QED) is 0.562. The van der Waals surface area contributed by atoms with Gasteiger partial charge in [-0.15, -0.1) is 0 Å². The zero-order chi connectivity index (χ0) is 12.5. The van der Waals surface area contributed by atoms with Crippen LogP contribution in [0.15, 0.2) is 24.3 Å². The summed E-state index contributed by atoms with van der Waals surface area (Å²) in [5.74, 6) is 0.856. The monoisotopic (exact) mass is 236 g/mol. The van der Waals surface area contributed by atoms with Crippen LogP contribution in [0.5, 0.6) is 5.75 Å². The van der Waals surface area contributed by atoms with E-state index in [0.29, 0.717) is 25.3 Å². The van der Waals surface area contributed by atoms with Gasteiger partial charge in [-0.2, -0.15) is 0 Å². The number of nitrogens with one attached hydrogen (secondary N) is 1. The molecule has 1 aromatic rings. The Balaban J connectivity index is 2.11. The third kappa shape index (κ3) is 5.80. The number of carbonyl (C=O) groups excluding carboxylic acids is 1. The van der Waals surface area contributed by atoms with Gasteiger partial charge >= 0.3 is 0 Å². The minimum Gasteiger partial charge on any atom is -0.492 e. The molecule has 3 N–H and O–H groups in total. The van der Waals surface area contributed by atoms with Crippen LogP contribution in [-0.4, -0.2) is 19.1 Å². The van der Waals surface area contributed by atoms with Gasteiger partial charge in [-0.1, -0.05) is 13.3 Å². The maximum Gasteiger partial charge on any atom is 0.220 e. The fourth-order valence-electron chi connectivity index (χ4n) is 1.35. The van der Waals surface area contributed by atoms with Gasteiger partial charge in [-0.05, 0) is 30.7 Å². The fraction of sp³-hybridized carbons (Fsp3) is 0.462. The van der Waals surface area contributed by atoms with Crippen LogP contribution in [0.4, 0.5) is 5.69 Å². The van der Waals surface area contributed by atoms with E-state index in [9.17, 15) is 4.79 Å². The molecule has 0 aliphatic rings. The topological polar surface area (TPSA) is 64.3 Å². The summed E-state index contributed by atoms with van der Waals surface area (Å²) in [5, 5.41) is 2.81. The highest BCUT2D eigenvalue weighted by molar-refractivity contribution is 5.75. The Bertz CT molecular complexity index is 336. The standard InChI is InChI=1S/C13H20N2O2/c1-2-3-4-13(16)15-9-10-17-12-7-5-11(14)6-8-12/h5-8H,2-4,9-10,14H2,1H3,(H,15,16). The van der Waals surface area contributed by atoms with E-state index < -0.39 is 0 Å². The van der Waals surface area contributed by atoms with E-state index in [2.05, 4.69) is 12.2 Å². The third-order valence-electron chi connectivity index (χ3n) is 2.33. The lowest BCUT2D eigenvalue weighted by atomic mass is 10.2. The lowest BCUT2D eigenvalue weighted by Crippen LogP contribution is -2.27. The molecule has 0 radical (unpaired) electrons. The van der Waals surface area contributed by atoms with Gasteiger partial charge in [0.25, 0.3) is 0 Å². The number of ether oxygens (including phenoxy) is 1. The molecule has 17 heavy (non-hydrogen) atoms. The van der Waals surface area contributed by atoms with Crippen molar-refractivity contribution in [2.24, 2.45) is 0 Å². The predicted molar refractivity (Wildman–Crippen MR) is 68.9 cm³/mol. The first kappa shape index (κ1) is 13.4. The lowest BCUT2D eigenvalue weighted by Gasteiger charge is -2.07. The number of nitrogens with two attached hydrogens (primary N) is 1. The summed E-state index contributed by atoms with van der Waals surface area (Å²) in [6, 6.07) is 7.20. The largest absolute Gasteiger partial charge is 0.492 e. The number of nitrogen functional groups attached to an aromatic ring is 1. The molecule has 0 unspecified atom stereocenters. The summed E-state index contributed by atoms with van der Waals surface area (Å²) in [5.41, 5.74) is 6.27. The van der Waals surface area contributed by atoms with E-state index in [4.69, 9.17) is 10.5 Å². The summed E-state index contributed by atoms with van der Waals surface area (Å²) in [6.45, 7) is 3.08. The van der Waals surface area contributed by atoms with Crippen LogP contribution in [0.3, 0.4) is 0 Å². The number of anilines is 1.